The van der Waals surface area contributed by atoms with E-state index in [0.717, 1.165) is 12.8 Å². The van der Waals surface area contributed by atoms with Crippen LogP contribution in [-0.4, -0.2) is 48.6 Å². The molecule has 2 fully saturated rings. The summed E-state index contributed by atoms with van der Waals surface area (Å²) < 4.78 is 5.35. The summed E-state index contributed by atoms with van der Waals surface area (Å²) in [4.78, 5) is 26.8. The van der Waals surface area contributed by atoms with Crippen LogP contribution in [0.4, 0.5) is 5.69 Å². The van der Waals surface area contributed by atoms with Gasteiger partial charge in [0, 0.05) is 12.6 Å². The van der Waals surface area contributed by atoms with Gasteiger partial charge in [0.05, 0.1) is 18.9 Å². The molecule has 1 aliphatic carbocycles. The summed E-state index contributed by atoms with van der Waals surface area (Å²) in [5, 5.41) is 4.71. The van der Waals surface area contributed by atoms with Crippen molar-refractivity contribution in [3.63, 3.8) is 0 Å². The number of rotatable bonds is 3. The Balaban J connectivity index is 1.75. The molecule has 2 heterocycles. The summed E-state index contributed by atoms with van der Waals surface area (Å²) in [6.45, 7) is 1.11. The van der Waals surface area contributed by atoms with E-state index in [9.17, 15) is 9.59 Å². The minimum atomic E-state index is -0.557. The number of nitrogens with zero attached hydrogens (tertiary/aromatic N) is 1. The van der Waals surface area contributed by atoms with E-state index in [1.807, 2.05) is 0 Å². The molecule has 0 radical (unpaired) electrons. The monoisotopic (exact) mass is 295 g/mol. The Morgan fingerprint density at radius 1 is 1.45 bits per heavy atom. The summed E-state index contributed by atoms with van der Waals surface area (Å²) >= 11 is 1.30. The van der Waals surface area contributed by atoms with E-state index in [0.29, 0.717) is 23.7 Å². The van der Waals surface area contributed by atoms with Crippen molar-refractivity contribution in [2.75, 3.05) is 25.5 Å². The summed E-state index contributed by atoms with van der Waals surface area (Å²) in [5.74, 6) is -0.313. The molecule has 1 saturated carbocycles. The van der Waals surface area contributed by atoms with Crippen LogP contribution in [0.1, 0.15) is 22.5 Å². The second-order valence-corrected chi connectivity index (χ2v) is 5.99. The smallest absolute Gasteiger partial charge is 0.266 e. The number of nitrogen functional groups attached to an aromatic ring is 1. The zero-order valence-electron chi connectivity index (χ0n) is 11.0. The molecular formula is C13H17N3O3S. The minimum Gasteiger partial charge on any atom is -0.397 e. The molecule has 2 aliphatic rings. The number of carbonyl (C=O) groups is 2. The van der Waals surface area contributed by atoms with E-state index in [4.69, 9.17) is 10.5 Å². The molecular weight excluding hydrogens is 278 g/mol. The predicted molar refractivity (Wildman–Crippen MR) is 75.5 cm³/mol. The van der Waals surface area contributed by atoms with Crippen LogP contribution in [0, 0.1) is 0 Å². The van der Waals surface area contributed by atoms with Crippen molar-refractivity contribution in [3.8, 4) is 0 Å². The van der Waals surface area contributed by atoms with Gasteiger partial charge in [0.25, 0.3) is 5.91 Å². The third-order valence-electron chi connectivity index (χ3n) is 3.51. The van der Waals surface area contributed by atoms with E-state index in [2.05, 4.69) is 5.32 Å². The maximum atomic E-state index is 12.5. The Labute approximate surface area is 120 Å². The van der Waals surface area contributed by atoms with Crippen LogP contribution in [0.25, 0.3) is 0 Å². The number of amides is 2. The maximum Gasteiger partial charge on any atom is 0.266 e. The Bertz CT molecular complexity index is 527. The van der Waals surface area contributed by atoms with Crippen LogP contribution in [0.3, 0.4) is 0 Å². The Kier molecular flexibility index (Phi) is 3.62. The van der Waals surface area contributed by atoms with Crippen LogP contribution in [0.15, 0.2) is 11.4 Å². The Morgan fingerprint density at radius 2 is 2.25 bits per heavy atom. The summed E-state index contributed by atoms with van der Waals surface area (Å²) in [7, 11) is 0. The number of ether oxygens (including phenoxy) is 1. The van der Waals surface area contributed by atoms with Gasteiger partial charge < -0.3 is 20.7 Å². The molecule has 1 atom stereocenters. The van der Waals surface area contributed by atoms with Crippen LogP contribution in [-0.2, 0) is 9.53 Å². The fourth-order valence-corrected chi connectivity index (χ4v) is 2.99. The van der Waals surface area contributed by atoms with Crippen molar-refractivity contribution in [1.29, 1.82) is 0 Å². The number of hydrogen-bond acceptors (Lipinski definition) is 5. The lowest BCUT2D eigenvalue weighted by Crippen LogP contribution is -2.56. The second-order valence-electron chi connectivity index (χ2n) is 5.08. The molecule has 20 heavy (non-hydrogen) atoms. The first-order valence-corrected chi connectivity index (χ1v) is 7.57. The van der Waals surface area contributed by atoms with Gasteiger partial charge in [-0.2, -0.15) is 0 Å². The van der Waals surface area contributed by atoms with Gasteiger partial charge in [0.2, 0.25) is 5.91 Å². The van der Waals surface area contributed by atoms with Crippen molar-refractivity contribution >= 4 is 28.8 Å². The lowest BCUT2D eigenvalue weighted by molar-refractivity contribution is -0.130. The van der Waals surface area contributed by atoms with Crippen molar-refractivity contribution < 1.29 is 14.3 Å². The standard InChI is InChI=1S/C13H17N3O3S/c14-9-3-6-20-11(9)13(18)16-4-5-19-7-10(16)12(17)15-8-1-2-8/h3,6,8,10H,1-2,4-5,7,14H2,(H,15,17). The van der Waals surface area contributed by atoms with Crippen LogP contribution >= 0.6 is 11.3 Å². The van der Waals surface area contributed by atoms with Crippen molar-refractivity contribution in [1.82, 2.24) is 10.2 Å². The second kappa shape index (κ2) is 5.41. The summed E-state index contributed by atoms with van der Waals surface area (Å²) in [6, 6.07) is 1.42. The molecule has 1 aliphatic heterocycles. The molecule has 2 amide bonds. The lowest BCUT2D eigenvalue weighted by atomic mass is 10.2. The average molecular weight is 295 g/mol. The first kappa shape index (κ1) is 13.4. The van der Waals surface area contributed by atoms with Crippen LogP contribution in [0.2, 0.25) is 0 Å². The third-order valence-corrected chi connectivity index (χ3v) is 4.42. The van der Waals surface area contributed by atoms with Gasteiger partial charge in [0.1, 0.15) is 10.9 Å². The number of carbonyl (C=O) groups excluding carboxylic acids is 2. The van der Waals surface area contributed by atoms with E-state index in [1.165, 1.54) is 11.3 Å². The third kappa shape index (κ3) is 2.64. The van der Waals surface area contributed by atoms with Gasteiger partial charge in [-0.15, -0.1) is 11.3 Å². The minimum absolute atomic E-state index is 0.129. The first-order chi connectivity index (χ1) is 9.66. The van der Waals surface area contributed by atoms with Gasteiger partial charge in [-0.1, -0.05) is 0 Å². The molecule has 0 bridgehead atoms. The topological polar surface area (TPSA) is 84.7 Å². The highest BCUT2D eigenvalue weighted by Gasteiger charge is 2.36. The molecule has 108 valence electrons. The van der Waals surface area contributed by atoms with Crippen LogP contribution in [0.5, 0.6) is 0 Å². The molecule has 7 heteroatoms. The van der Waals surface area contributed by atoms with Gasteiger partial charge in [-0.25, -0.2) is 0 Å². The molecule has 3 N–H and O–H groups in total. The SMILES string of the molecule is Nc1ccsc1C(=O)N1CCOCC1C(=O)NC1CC1. The van der Waals surface area contributed by atoms with Gasteiger partial charge in [0.15, 0.2) is 0 Å². The normalized spacial score (nSPS) is 22.6. The van der Waals surface area contributed by atoms with Crippen molar-refractivity contribution in [2.45, 2.75) is 24.9 Å². The highest BCUT2D eigenvalue weighted by atomic mass is 32.1. The summed E-state index contributed by atoms with van der Waals surface area (Å²) in [5.41, 5.74) is 6.26. The molecule has 1 saturated heterocycles. The Morgan fingerprint density at radius 3 is 2.90 bits per heavy atom. The molecule has 0 aromatic carbocycles. The Hall–Kier alpha value is -1.60. The molecule has 3 rings (SSSR count). The fraction of sp³-hybridized carbons (Fsp3) is 0.538. The fourth-order valence-electron chi connectivity index (χ4n) is 2.21. The first-order valence-electron chi connectivity index (χ1n) is 6.69. The van der Waals surface area contributed by atoms with E-state index in [-0.39, 0.29) is 24.5 Å². The highest BCUT2D eigenvalue weighted by molar-refractivity contribution is 7.12. The number of morpholine rings is 1. The molecule has 1 unspecified atom stereocenters. The summed E-state index contributed by atoms with van der Waals surface area (Å²) in [6.07, 6.45) is 2.04. The zero-order valence-corrected chi connectivity index (χ0v) is 11.8. The molecule has 6 nitrogen and oxygen atoms in total. The highest BCUT2D eigenvalue weighted by Crippen LogP contribution is 2.24. The number of hydrogen-bond donors (Lipinski definition) is 2. The average Bonchev–Trinajstić information content (AvgIpc) is 3.17. The quantitative estimate of drug-likeness (QED) is 0.848. The molecule has 0 spiro atoms. The number of anilines is 1. The van der Waals surface area contributed by atoms with Crippen LogP contribution < -0.4 is 11.1 Å². The van der Waals surface area contributed by atoms with Gasteiger partial charge >= 0.3 is 0 Å². The lowest BCUT2D eigenvalue weighted by Gasteiger charge is -2.34. The number of nitrogens with one attached hydrogen (secondary N) is 1. The van der Waals surface area contributed by atoms with E-state index >= 15 is 0 Å². The number of thiophene rings is 1. The van der Waals surface area contributed by atoms with E-state index in [1.54, 1.807) is 16.3 Å². The van der Waals surface area contributed by atoms with Crippen molar-refractivity contribution in [2.24, 2.45) is 0 Å². The largest absolute Gasteiger partial charge is 0.397 e. The van der Waals surface area contributed by atoms with Crippen molar-refractivity contribution in [3.05, 3.63) is 16.3 Å². The maximum absolute atomic E-state index is 12.5. The van der Waals surface area contributed by atoms with E-state index < -0.39 is 6.04 Å². The van der Waals surface area contributed by atoms with Gasteiger partial charge in [-0.3, -0.25) is 9.59 Å². The zero-order chi connectivity index (χ0) is 14.1. The number of nitrogens with two attached hydrogens (primary N) is 1. The van der Waals surface area contributed by atoms with Gasteiger partial charge in [-0.05, 0) is 24.3 Å². The predicted octanol–water partition coefficient (Wildman–Crippen LogP) is 0.450. The molecule has 1 aromatic rings. The molecule has 1 aromatic heterocycles.